The number of ether oxygens (including phenoxy) is 1. The lowest BCUT2D eigenvalue weighted by Gasteiger charge is -2.06. The number of fused-ring (bicyclic) bond motifs is 1. The molecular weight excluding hydrogens is 264 g/mol. The Labute approximate surface area is 123 Å². The standard InChI is InChI=1S/C17H16N2O2/c1-21-17(20)16-14-9-5-6-10-15(14)18-19(16)12-11-13-7-3-2-4-8-13/h2-10H,11-12H2,1H3. The summed E-state index contributed by atoms with van der Waals surface area (Å²) in [6.07, 6.45) is 0.818. The number of rotatable bonds is 4. The van der Waals surface area contributed by atoms with E-state index in [9.17, 15) is 4.79 Å². The second-order valence-corrected chi connectivity index (χ2v) is 4.82. The lowest BCUT2D eigenvalue weighted by atomic mass is 10.1. The van der Waals surface area contributed by atoms with Crippen molar-refractivity contribution in [1.82, 2.24) is 9.78 Å². The Bertz CT molecular complexity index is 763. The molecule has 3 aromatic rings. The van der Waals surface area contributed by atoms with Crippen molar-refractivity contribution in [2.45, 2.75) is 13.0 Å². The predicted octanol–water partition coefficient (Wildman–Crippen LogP) is 3.07. The molecular formula is C17H16N2O2. The first-order valence-electron chi connectivity index (χ1n) is 6.87. The van der Waals surface area contributed by atoms with E-state index in [4.69, 9.17) is 4.74 Å². The third-order valence-electron chi connectivity index (χ3n) is 3.48. The molecule has 0 fully saturated rings. The van der Waals surface area contributed by atoms with Crippen molar-refractivity contribution < 1.29 is 9.53 Å². The van der Waals surface area contributed by atoms with E-state index in [1.54, 1.807) is 4.68 Å². The smallest absolute Gasteiger partial charge is 0.356 e. The fourth-order valence-corrected chi connectivity index (χ4v) is 2.43. The highest BCUT2D eigenvalue weighted by molar-refractivity contribution is 6.02. The largest absolute Gasteiger partial charge is 0.464 e. The zero-order valence-electron chi connectivity index (χ0n) is 11.8. The molecule has 4 nitrogen and oxygen atoms in total. The van der Waals surface area contributed by atoms with E-state index in [-0.39, 0.29) is 5.97 Å². The predicted molar refractivity (Wildman–Crippen MR) is 81.2 cm³/mol. The molecule has 0 atom stereocenters. The minimum absolute atomic E-state index is 0.350. The first kappa shape index (κ1) is 13.4. The van der Waals surface area contributed by atoms with Gasteiger partial charge in [0.2, 0.25) is 0 Å². The summed E-state index contributed by atoms with van der Waals surface area (Å²) in [6, 6.07) is 17.8. The van der Waals surface area contributed by atoms with Crippen molar-refractivity contribution in [3.05, 3.63) is 65.9 Å². The van der Waals surface area contributed by atoms with Crippen molar-refractivity contribution in [1.29, 1.82) is 0 Å². The number of methoxy groups -OCH3 is 1. The molecule has 0 bridgehead atoms. The number of hydrogen-bond donors (Lipinski definition) is 0. The monoisotopic (exact) mass is 280 g/mol. The Morgan fingerprint density at radius 3 is 2.57 bits per heavy atom. The molecule has 21 heavy (non-hydrogen) atoms. The molecule has 0 radical (unpaired) electrons. The van der Waals surface area contributed by atoms with E-state index in [1.165, 1.54) is 12.7 Å². The van der Waals surface area contributed by atoms with Crippen molar-refractivity contribution in [3.8, 4) is 0 Å². The number of carbonyl (C=O) groups excluding carboxylic acids is 1. The molecule has 0 spiro atoms. The van der Waals surface area contributed by atoms with Gasteiger partial charge in [-0.15, -0.1) is 0 Å². The quantitative estimate of drug-likeness (QED) is 0.690. The Morgan fingerprint density at radius 1 is 1.10 bits per heavy atom. The maximum absolute atomic E-state index is 12.0. The van der Waals surface area contributed by atoms with Crippen LogP contribution in [-0.4, -0.2) is 22.9 Å². The summed E-state index contributed by atoms with van der Waals surface area (Å²) in [7, 11) is 1.39. The van der Waals surface area contributed by atoms with Gasteiger partial charge in [-0.05, 0) is 18.1 Å². The third kappa shape index (κ3) is 2.65. The van der Waals surface area contributed by atoms with E-state index >= 15 is 0 Å². The van der Waals surface area contributed by atoms with Crippen LogP contribution >= 0.6 is 0 Å². The average molecular weight is 280 g/mol. The Balaban J connectivity index is 1.95. The van der Waals surface area contributed by atoms with Crippen LogP contribution in [0.2, 0.25) is 0 Å². The number of nitrogens with zero attached hydrogens (tertiary/aromatic N) is 2. The van der Waals surface area contributed by atoms with Gasteiger partial charge in [-0.3, -0.25) is 4.68 Å². The van der Waals surface area contributed by atoms with Crippen molar-refractivity contribution in [2.24, 2.45) is 0 Å². The number of aromatic nitrogens is 2. The number of carbonyl (C=O) groups is 1. The molecule has 2 aromatic carbocycles. The molecule has 1 aromatic heterocycles. The Kier molecular flexibility index (Phi) is 3.69. The van der Waals surface area contributed by atoms with Crippen molar-refractivity contribution >= 4 is 16.9 Å². The van der Waals surface area contributed by atoms with Crippen LogP contribution in [0.3, 0.4) is 0 Å². The van der Waals surface area contributed by atoms with Gasteiger partial charge in [0.15, 0.2) is 5.69 Å². The molecule has 1 heterocycles. The summed E-state index contributed by atoms with van der Waals surface area (Å²) in [4.78, 5) is 12.0. The zero-order chi connectivity index (χ0) is 14.7. The second-order valence-electron chi connectivity index (χ2n) is 4.82. The average Bonchev–Trinajstić information content (AvgIpc) is 2.91. The van der Waals surface area contributed by atoms with Gasteiger partial charge < -0.3 is 4.74 Å². The highest BCUT2D eigenvalue weighted by atomic mass is 16.5. The maximum atomic E-state index is 12.0. The Hall–Kier alpha value is -2.62. The number of benzene rings is 2. The van der Waals surface area contributed by atoms with Crippen LogP contribution in [0.1, 0.15) is 16.1 Å². The van der Waals surface area contributed by atoms with Gasteiger partial charge in [-0.2, -0.15) is 5.10 Å². The molecule has 4 heteroatoms. The molecule has 0 aliphatic heterocycles. The first-order chi connectivity index (χ1) is 10.3. The normalized spacial score (nSPS) is 10.7. The lowest BCUT2D eigenvalue weighted by Crippen LogP contribution is -2.13. The van der Waals surface area contributed by atoms with Crippen LogP contribution in [-0.2, 0) is 17.7 Å². The molecule has 0 unspecified atom stereocenters. The number of hydrogen-bond acceptors (Lipinski definition) is 3. The van der Waals surface area contributed by atoms with Gasteiger partial charge >= 0.3 is 5.97 Å². The van der Waals surface area contributed by atoms with E-state index in [0.717, 1.165) is 17.3 Å². The molecule has 0 saturated heterocycles. The van der Waals surface area contributed by atoms with Crippen LogP contribution in [0.25, 0.3) is 10.9 Å². The van der Waals surface area contributed by atoms with Crippen LogP contribution in [0.5, 0.6) is 0 Å². The SMILES string of the molecule is COC(=O)c1c2ccccc2nn1CCc1ccccc1. The van der Waals surface area contributed by atoms with Gasteiger partial charge in [-0.25, -0.2) is 4.79 Å². The minimum Gasteiger partial charge on any atom is -0.464 e. The summed E-state index contributed by atoms with van der Waals surface area (Å²) in [5, 5.41) is 5.34. The topological polar surface area (TPSA) is 44.1 Å². The summed E-state index contributed by atoms with van der Waals surface area (Å²) in [5.41, 5.74) is 2.54. The first-order valence-corrected chi connectivity index (χ1v) is 6.87. The van der Waals surface area contributed by atoms with Crippen LogP contribution in [0, 0.1) is 0 Å². The van der Waals surface area contributed by atoms with E-state index in [1.807, 2.05) is 42.5 Å². The maximum Gasteiger partial charge on any atom is 0.356 e. The van der Waals surface area contributed by atoms with Gasteiger partial charge in [-0.1, -0.05) is 48.5 Å². The summed E-state index contributed by atoms with van der Waals surface area (Å²) in [5.74, 6) is -0.350. The molecule has 3 rings (SSSR count). The van der Waals surface area contributed by atoms with Crippen molar-refractivity contribution in [2.75, 3.05) is 7.11 Å². The highest BCUT2D eigenvalue weighted by Gasteiger charge is 2.18. The van der Waals surface area contributed by atoms with Crippen molar-refractivity contribution in [3.63, 3.8) is 0 Å². The molecule has 0 N–H and O–H groups in total. The molecule has 0 saturated carbocycles. The van der Waals surface area contributed by atoms with E-state index < -0.39 is 0 Å². The molecule has 106 valence electrons. The molecule has 0 aliphatic rings. The highest BCUT2D eigenvalue weighted by Crippen LogP contribution is 2.19. The molecule has 0 amide bonds. The van der Waals surface area contributed by atoms with Gasteiger partial charge in [0.25, 0.3) is 0 Å². The second kappa shape index (κ2) is 5.79. The van der Waals surface area contributed by atoms with Crippen LogP contribution < -0.4 is 0 Å². The van der Waals surface area contributed by atoms with E-state index in [2.05, 4.69) is 17.2 Å². The lowest BCUT2D eigenvalue weighted by molar-refractivity contribution is 0.0588. The van der Waals surface area contributed by atoms with Crippen LogP contribution in [0.4, 0.5) is 0 Å². The summed E-state index contributed by atoms with van der Waals surface area (Å²) >= 11 is 0. The fraction of sp³-hybridized carbons (Fsp3) is 0.176. The minimum atomic E-state index is -0.350. The Morgan fingerprint density at radius 2 is 1.81 bits per heavy atom. The van der Waals surface area contributed by atoms with Crippen LogP contribution in [0.15, 0.2) is 54.6 Å². The molecule has 0 aliphatic carbocycles. The number of aryl methyl sites for hydroxylation is 2. The van der Waals surface area contributed by atoms with Gasteiger partial charge in [0.05, 0.1) is 12.6 Å². The number of esters is 1. The summed E-state index contributed by atoms with van der Waals surface area (Å²) in [6.45, 7) is 0.642. The van der Waals surface area contributed by atoms with Gasteiger partial charge in [0.1, 0.15) is 0 Å². The third-order valence-corrected chi connectivity index (χ3v) is 3.48. The van der Waals surface area contributed by atoms with E-state index in [0.29, 0.717) is 12.2 Å². The summed E-state index contributed by atoms with van der Waals surface area (Å²) < 4.78 is 6.64. The van der Waals surface area contributed by atoms with Gasteiger partial charge in [0, 0.05) is 11.9 Å². The zero-order valence-corrected chi connectivity index (χ0v) is 11.8. The fourth-order valence-electron chi connectivity index (χ4n) is 2.43.